The molecule has 0 saturated heterocycles. The minimum Gasteiger partial charge on any atom is -0.494 e. The summed E-state index contributed by atoms with van der Waals surface area (Å²) in [6.07, 6.45) is 5.20. The van der Waals surface area contributed by atoms with Crippen molar-refractivity contribution in [2.45, 2.75) is 32.1 Å². The number of unbranched alkanes of at least 4 members (excludes halogenated alkanes) is 3. The van der Waals surface area contributed by atoms with Crippen LogP contribution in [0.2, 0.25) is 0 Å². The van der Waals surface area contributed by atoms with Crippen molar-refractivity contribution in [2.75, 3.05) is 38.8 Å². The Morgan fingerprint density at radius 1 is 0.562 bits per heavy atom. The smallest absolute Gasteiger partial charge is 0.343 e. The minimum atomic E-state index is -3.27. The van der Waals surface area contributed by atoms with Gasteiger partial charge in [-0.1, -0.05) is 13.2 Å². The summed E-state index contributed by atoms with van der Waals surface area (Å²) in [6, 6.07) is 19.2. The molecule has 0 aromatic heterocycles. The Balaban J connectivity index is 1.33. The molecule has 0 aliphatic rings. The van der Waals surface area contributed by atoms with Crippen LogP contribution in [0, 0.1) is 0 Å². The average molecular weight is 681 g/mol. The van der Waals surface area contributed by atoms with E-state index in [0.717, 1.165) is 37.2 Å². The van der Waals surface area contributed by atoms with Crippen LogP contribution in [-0.4, -0.2) is 65.1 Å². The Bertz CT molecular complexity index is 1580. The number of rotatable bonds is 22. The highest BCUT2D eigenvalue weighted by Gasteiger charge is 2.12. The van der Waals surface area contributed by atoms with Gasteiger partial charge >= 0.3 is 17.9 Å². The average Bonchev–Trinajstić information content (AvgIpc) is 3.10. The van der Waals surface area contributed by atoms with E-state index in [2.05, 4.69) is 13.2 Å². The van der Waals surface area contributed by atoms with Crippen LogP contribution in [0.1, 0.15) is 52.8 Å². The number of hydrogen-bond donors (Lipinski definition) is 0. The third-order valence-electron chi connectivity index (χ3n) is 6.61. The van der Waals surface area contributed by atoms with Crippen LogP contribution in [0.4, 0.5) is 0 Å². The summed E-state index contributed by atoms with van der Waals surface area (Å²) >= 11 is 0. The van der Waals surface area contributed by atoms with Gasteiger partial charge in [-0.15, -0.1) is 0 Å². The first-order chi connectivity index (χ1) is 23.2. The van der Waals surface area contributed by atoms with Crippen LogP contribution in [0.3, 0.4) is 0 Å². The normalized spacial score (nSPS) is 10.8. The second kappa shape index (κ2) is 20.3. The van der Waals surface area contributed by atoms with Gasteiger partial charge < -0.3 is 28.4 Å². The second-order valence-corrected chi connectivity index (χ2v) is 12.3. The SMILES string of the molecule is C=CC(=O)OCCCCCCOc1ccc(C(=O)Oc2ccc(OC(=O)c3ccc(OCCCOCCS(=O)(=O)C=C)cc3)cc2)cc1. The summed E-state index contributed by atoms with van der Waals surface area (Å²) in [4.78, 5) is 36.2. The lowest BCUT2D eigenvalue weighted by Crippen LogP contribution is -2.11. The van der Waals surface area contributed by atoms with Gasteiger partial charge in [0.15, 0.2) is 9.84 Å². The highest BCUT2D eigenvalue weighted by molar-refractivity contribution is 7.94. The maximum absolute atomic E-state index is 12.6. The fourth-order valence-electron chi connectivity index (χ4n) is 3.97. The van der Waals surface area contributed by atoms with Gasteiger partial charge in [-0.25, -0.2) is 22.8 Å². The predicted molar refractivity (Wildman–Crippen MR) is 179 cm³/mol. The third-order valence-corrected chi connectivity index (χ3v) is 7.85. The largest absolute Gasteiger partial charge is 0.494 e. The van der Waals surface area contributed by atoms with E-state index < -0.39 is 27.7 Å². The maximum atomic E-state index is 12.6. The highest BCUT2D eigenvalue weighted by atomic mass is 32.2. The molecule has 3 aromatic carbocycles. The lowest BCUT2D eigenvalue weighted by Gasteiger charge is -2.09. The van der Waals surface area contributed by atoms with Gasteiger partial charge in [0.2, 0.25) is 0 Å². The van der Waals surface area contributed by atoms with E-state index in [1.54, 1.807) is 48.5 Å². The monoisotopic (exact) mass is 680 g/mol. The van der Waals surface area contributed by atoms with E-state index in [1.807, 2.05) is 0 Å². The number of esters is 3. The number of benzene rings is 3. The summed E-state index contributed by atoms with van der Waals surface area (Å²) in [7, 11) is -3.27. The summed E-state index contributed by atoms with van der Waals surface area (Å²) in [5, 5.41) is 0.913. The van der Waals surface area contributed by atoms with E-state index >= 15 is 0 Å². The molecular weight excluding hydrogens is 640 g/mol. The molecule has 3 aromatic rings. The fraction of sp³-hybridized carbons (Fsp3) is 0.306. The van der Waals surface area contributed by atoms with Crippen LogP contribution in [0.25, 0.3) is 0 Å². The van der Waals surface area contributed by atoms with Crippen molar-refractivity contribution < 1.29 is 51.2 Å². The molecule has 0 aliphatic heterocycles. The lowest BCUT2D eigenvalue weighted by atomic mass is 10.2. The molecular formula is C36H40O11S. The zero-order chi connectivity index (χ0) is 34.6. The molecule has 0 fully saturated rings. The number of sulfone groups is 1. The maximum Gasteiger partial charge on any atom is 0.343 e. The zero-order valence-electron chi connectivity index (χ0n) is 26.7. The first-order valence-electron chi connectivity index (χ1n) is 15.4. The molecule has 0 spiro atoms. The van der Waals surface area contributed by atoms with Gasteiger partial charge in [0.05, 0.1) is 43.3 Å². The molecule has 3 rings (SSSR count). The molecule has 11 nitrogen and oxygen atoms in total. The van der Waals surface area contributed by atoms with E-state index in [0.29, 0.717) is 55.5 Å². The molecule has 0 aliphatic carbocycles. The summed E-state index contributed by atoms with van der Waals surface area (Å²) < 4.78 is 55.1. The van der Waals surface area contributed by atoms with Crippen molar-refractivity contribution in [1.29, 1.82) is 0 Å². The van der Waals surface area contributed by atoms with Crippen LogP contribution < -0.4 is 18.9 Å². The van der Waals surface area contributed by atoms with Crippen LogP contribution in [0.15, 0.2) is 97.4 Å². The summed E-state index contributed by atoms with van der Waals surface area (Å²) in [5.74, 6) is 0.128. The Morgan fingerprint density at radius 2 is 1.02 bits per heavy atom. The van der Waals surface area contributed by atoms with Crippen molar-refractivity contribution in [1.82, 2.24) is 0 Å². The van der Waals surface area contributed by atoms with Crippen LogP contribution >= 0.6 is 0 Å². The van der Waals surface area contributed by atoms with Crippen LogP contribution in [-0.2, 0) is 24.1 Å². The molecule has 256 valence electrons. The Labute approximate surface area is 281 Å². The van der Waals surface area contributed by atoms with Gasteiger partial charge in [-0.3, -0.25) is 0 Å². The van der Waals surface area contributed by atoms with Crippen molar-refractivity contribution >= 4 is 27.7 Å². The van der Waals surface area contributed by atoms with Crippen molar-refractivity contribution in [2.24, 2.45) is 0 Å². The van der Waals surface area contributed by atoms with E-state index in [9.17, 15) is 22.8 Å². The quantitative estimate of drug-likeness (QED) is 0.0523. The second-order valence-electron chi connectivity index (χ2n) is 10.3. The Hall–Kier alpha value is -4.94. The van der Waals surface area contributed by atoms with Crippen LogP contribution in [0.5, 0.6) is 23.0 Å². The van der Waals surface area contributed by atoms with Crippen molar-refractivity contribution in [3.05, 3.63) is 109 Å². The number of carbonyl (C=O) groups is 3. The van der Waals surface area contributed by atoms with Gasteiger partial charge in [0, 0.05) is 24.5 Å². The Kier molecular flexibility index (Phi) is 15.9. The summed E-state index contributed by atoms with van der Waals surface area (Å²) in [6.45, 7) is 8.31. The molecule has 0 heterocycles. The number of ether oxygens (including phenoxy) is 6. The zero-order valence-corrected chi connectivity index (χ0v) is 27.5. The first kappa shape index (κ1) is 37.5. The number of hydrogen-bond acceptors (Lipinski definition) is 11. The fourth-order valence-corrected chi connectivity index (χ4v) is 4.49. The van der Waals surface area contributed by atoms with Gasteiger partial charge in [-0.05, 0) is 98.5 Å². The standard InChI is InChI=1S/C36H40O11S/c1-3-34(37)45-24-8-6-5-7-23-43-30-14-10-28(11-15-30)35(38)46-32-18-20-33(21-19-32)47-36(39)29-12-16-31(17-13-29)44-25-9-22-42-26-27-48(40,41)4-2/h3-4,10-21H,1-2,5-9,22-27H2. The van der Waals surface area contributed by atoms with Crippen molar-refractivity contribution in [3.8, 4) is 23.0 Å². The molecule has 0 saturated carbocycles. The number of carbonyl (C=O) groups excluding carboxylic acids is 3. The topological polar surface area (TPSA) is 141 Å². The van der Waals surface area contributed by atoms with E-state index in [1.165, 1.54) is 24.3 Å². The molecule has 0 N–H and O–H groups in total. The summed E-state index contributed by atoms with van der Waals surface area (Å²) in [5.41, 5.74) is 0.672. The predicted octanol–water partition coefficient (Wildman–Crippen LogP) is 6.14. The van der Waals surface area contributed by atoms with Crippen molar-refractivity contribution in [3.63, 3.8) is 0 Å². The molecule has 0 atom stereocenters. The molecule has 0 radical (unpaired) electrons. The third kappa shape index (κ3) is 14.2. The van der Waals surface area contributed by atoms with Gasteiger partial charge in [0.25, 0.3) is 0 Å². The van der Waals surface area contributed by atoms with Gasteiger partial charge in [-0.2, -0.15) is 0 Å². The molecule has 0 unspecified atom stereocenters. The Morgan fingerprint density at radius 3 is 1.50 bits per heavy atom. The van der Waals surface area contributed by atoms with Gasteiger partial charge in [0.1, 0.15) is 23.0 Å². The molecule has 12 heteroatoms. The minimum absolute atomic E-state index is 0.0912. The molecule has 0 bridgehead atoms. The van der Waals surface area contributed by atoms with E-state index in [-0.39, 0.29) is 23.9 Å². The highest BCUT2D eigenvalue weighted by Crippen LogP contribution is 2.21. The van der Waals surface area contributed by atoms with E-state index in [4.69, 9.17) is 28.4 Å². The molecule has 48 heavy (non-hydrogen) atoms. The lowest BCUT2D eigenvalue weighted by molar-refractivity contribution is -0.137. The molecule has 0 amide bonds. The first-order valence-corrected chi connectivity index (χ1v) is 17.1.